The molecule has 0 amide bonds. The summed E-state index contributed by atoms with van der Waals surface area (Å²) in [4.78, 5) is 30.2. The van der Waals surface area contributed by atoms with Crippen LogP contribution in [0.3, 0.4) is 0 Å². The van der Waals surface area contributed by atoms with Crippen LogP contribution in [0.25, 0.3) is 5.52 Å². The Morgan fingerprint density at radius 1 is 1.23 bits per heavy atom. The number of carbonyl (C=O) groups excluding carboxylic acids is 1. The topological polar surface area (TPSA) is 75.4 Å². The Balaban J connectivity index is 1.20. The van der Waals surface area contributed by atoms with Gasteiger partial charge in [0.2, 0.25) is 0 Å². The standard InChI is InChI=1S/C23H31N5O2/c1-17(2)28-15-19(14-24-28)22(29)18-8-12-26(13-9-18)10-4-3-6-20-16-27-11-5-7-21(27)23(30)25-20/h5,7,11,14-18H,3-4,6,8-10,12-13H2,1-2H3,(H,25,30). The minimum Gasteiger partial charge on any atom is -0.323 e. The van der Waals surface area contributed by atoms with E-state index in [0.29, 0.717) is 5.52 Å². The molecule has 0 aromatic carbocycles. The fourth-order valence-corrected chi connectivity index (χ4v) is 4.29. The molecule has 3 aromatic rings. The second kappa shape index (κ2) is 9.00. The number of nitrogens with one attached hydrogen (secondary N) is 1. The maximum atomic E-state index is 12.8. The van der Waals surface area contributed by atoms with Gasteiger partial charge in [0.1, 0.15) is 5.52 Å². The minimum absolute atomic E-state index is 0.0248. The molecule has 4 rings (SSSR count). The fraction of sp³-hybridized carbons (Fsp3) is 0.522. The number of aryl methyl sites for hydroxylation is 1. The summed E-state index contributed by atoms with van der Waals surface area (Å²) >= 11 is 0. The molecule has 0 bridgehead atoms. The van der Waals surface area contributed by atoms with Crippen molar-refractivity contribution in [3.8, 4) is 0 Å². The third-order valence-corrected chi connectivity index (χ3v) is 6.12. The number of H-pyrrole nitrogens is 1. The lowest BCUT2D eigenvalue weighted by atomic mass is 9.90. The van der Waals surface area contributed by atoms with Gasteiger partial charge < -0.3 is 14.3 Å². The molecule has 0 saturated carbocycles. The highest BCUT2D eigenvalue weighted by Crippen LogP contribution is 2.22. The summed E-state index contributed by atoms with van der Waals surface area (Å²) in [6, 6.07) is 3.99. The number of carbonyl (C=O) groups is 1. The molecule has 1 saturated heterocycles. The van der Waals surface area contributed by atoms with Crippen molar-refractivity contribution in [2.24, 2.45) is 5.92 Å². The van der Waals surface area contributed by atoms with Gasteiger partial charge in [0, 0.05) is 36.2 Å². The van der Waals surface area contributed by atoms with E-state index in [2.05, 4.69) is 28.8 Å². The lowest BCUT2D eigenvalue weighted by molar-refractivity contribution is 0.0839. The van der Waals surface area contributed by atoms with Crippen LogP contribution in [-0.4, -0.2) is 49.5 Å². The molecule has 0 spiro atoms. The summed E-state index contributed by atoms with van der Waals surface area (Å²) < 4.78 is 3.74. The van der Waals surface area contributed by atoms with Gasteiger partial charge in [-0.2, -0.15) is 5.10 Å². The van der Waals surface area contributed by atoms with Gasteiger partial charge in [-0.3, -0.25) is 14.3 Å². The number of rotatable bonds is 8. The molecule has 0 atom stereocenters. The normalized spacial score (nSPS) is 16.0. The van der Waals surface area contributed by atoms with E-state index in [4.69, 9.17) is 0 Å². The summed E-state index contributed by atoms with van der Waals surface area (Å²) in [5.74, 6) is 0.357. The van der Waals surface area contributed by atoms with Crippen LogP contribution >= 0.6 is 0 Å². The van der Waals surface area contributed by atoms with Crippen LogP contribution in [0.4, 0.5) is 0 Å². The zero-order valence-corrected chi connectivity index (χ0v) is 17.9. The molecule has 7 heteroatoms. The van der Waals surface area contributed by atoms with E-state index in [1.54, 1.807) is 6.20 Å². The van der Waals surface area contributed by atoms with Crippen LogP contribution in [0.1, 0.15) is 61.6 Å². The Bertz CT molecular complexity index is 1050. The van der Waals surface area contributed by atoms with Gasteiger partial charge in [0.05, 0.1) is 11.8 Å². The number of unbranched alkanes of at least 4 members (excludes halogenated alkanes) is 1. The van der Waals surface area contributed by atoms with E-state index >= 15 is 0 Å². The highest BCUT2D eigenvalue weighted by atomic mass is 16.1. The van der Waals surface area contributed by atoms with Crippen LogP contribution in [0.15, 0.2) is 41.7 Å². The van der Waals surface area contributed by atoms with Gasteiger partial charge in [-0.1, -0.05) is 0 Å². The van der Waals surface area contributed by atoms with Crippen LogP contribution in [0.5, 0.6) is 0 Å². The fourth-order valence-electron chi connectivity index (χ4n) is 4.29. The third-order valence-electron chi connectivity index (χ3n) is 6.12. The maximum absolute atomic E-state index is 12.8. The summed E-state index contributed by atoms with van der Waals surface area (Å²) in [7, 11) is 0. The number of ketones is 1. The van der Waals surface area contributed by atoms with Gasteiger partial charge in [0.15, 0.2) is 5.78 Å². The van der Waals surface area contributed by atoms with Gasteiger partial charge >= 0.3 is 0 Å². The molecule has 1 aliphatic heterocycles. The largest absolute Gasteiger partial charge is 0.323 e. The first kappa shape index (κ1) is 20.6. The number of fused-ring (bicyclic) bond motifs is 1. The van der Waals surface area contributed by atoms with E-state index in [-0.39, 0.29) is 23.3 Å². The molecule has 0 radical (unpaired) electrons. The molecular weight excluding hydrogens is 378 g/mol. The minimum atomic E-state index is -0.0248. The zero-order chi connectivity index (χ0) is 21.1. The average Bonchev–Trinajstić information content (AvgIpc) is 3.41. The van der Waals surface area contributed by atoms with Crippen molar-refractivity contribution >= 4 is 11.3 Å². The first-order chi connectivity index (χ1) is 14.5. The predicted octanol–water partition coefficient (Wildman–Crippen LogP) is 3.32. The van der Waals surface area contributed by atoms with Crippen LogP contribution in [0, 0.1) is 5.92 Å². The summed E-state index contributed by atoms with van der Waals surface area (Å²) in [6.07, 6.45) is 12.4. The van der Waals surface area contributed by atoms with Crippen molar-refractivity contribution in [2.45, 2.75) is 52.0 Å². The van der Waals surface area contributed by atoms with Gasteiger partial charge in [-0.05, 0) is 77.7 Å². The molecule has 0 unspecified atom stereocenters. The number of aromatic amines is 1. The Morgan fingerprint density at radius 2 is 2.03 bits per heavy atom. The Morgan fingerprint density at radius 3 is 2.77 bits per heavy atom. The zero-order valence-electron chi connectivity index (χ0n) is 17.9. The van der Waals surface area contributed by atoms with E-state index in [0.717, 1.165) is 63.0 Å². The number of hydrogen-bond acceptors (Lipinski definition) is 4. The molecule has 1 aliphatic rings. The highest BCUT2D eigenvalue weighted by Gasteiger charge is 2.26. The first-order valence-electron chi connectivity index (χ1n) is 11.0. The van der Waals surface area contributed by atoms with Crippen molar-refractivity contribution in [1.82, 2.24) is 24.1 Å². The van der Waals surface area contributed by atoms with E-state index in [1.807, 2.05) is 39.8 Å². The van der Waals surface area contributed by atoms with Gasteiger partial charge in [-0.15, -0.1) is 0 Å². The number of likely N-dealkylation sites (tertiary alicyclic amines) is 1. The Kier molecular flexibility index (Phi) is 6.18. The highest BCUT2D eigenvalue weighted by molar-refractivity contribution is 5.97. The smallest absolute Gasteiger partial charge is 0.272 e. The van der Waals surface area contributed by atoms with Crippen LogP contribution in [-0.2, 0) is 6.42 Å². The summed E-state index contributed by atoms with van der Waals surface area (Å²) in [5.41, 5.74) is 2.39. The number of nitrogens with zero attached hydrogens (tertiary/aromatic N) is 4. The van der Waals surface area contributed by atoms with Crippen molar-refractivity contribution in [1.29, 1.82) is 0 Å². The number of Topliss-reactive ketones (excluding diaryl/α,β-unsaturated/α-hetero) is 1. The monoisotopic (exact) mass is 409 g/mol. The molecule has 3 aromatic heterocycles. The molecule has 0 aliphatic carbocycles. The van der Waals surface area contributed by atoms with Gasteiger partial charge in [-0.25, -0.2) is 0 Å². The van der Waals surface area contributed by atoms with Crippen molar-refractivity contribution in [2.75, 3.05) is 19.6 Å². The lowest BCUT2D eigenvalue weighted by Crippen LogP contribution is -2.36. The summed E-state index contributed by atoms with van der Waals surface area (Å²) in [6.45, 7) is 7.12. The second-order valence-corrected chi connectivity index (χ2v) is 8.65. The average molecular weight is 410 g/mol. The second-order valence-electron chi connectivity index (χ2n) is 8.65. The Labute approximate surface area is 176 Å². The maximum Gasteiger partial charge on any atom is 0.272 e. The quantitative estimate of drug-likeness (QED) is 0.457. The van der Waals surface area contributed by atoms with Crippen LogP contribution < -0.4 is 5.56 Å². The van der Waals surface area contributed by atoms with Crippen LogP contribution in [0.2, 0.25) is 0 Å². The molecule has 7 nitrogen and oxygen atoms in total. The van der Waals surface area contributed by atoms with Crippen molar-refractivity contribution in [3.05, 3.63) is 58.5 Å². The van der Waals surface area contributed by atoms with Crippen molar-refractivity contribution < 1.29 is 4.79 Å². The van der Waals surface area contributed by atoms with E-state index in [9.17, 15) is 9.59 Å². The van der Waals surface area contributed by atoms with E-state index in [1.165, 1.54) is 0 Å². The molecule has 1 N–H and O–H groups in total. The number of aromatic nitrogens is 4. The Hall–Kier alpha value is -2.67. The van der Waals surface area contributed by atoms with Gasteiger partial charge in [0.25, 0.3) is 5.56 Å². The molecule has 4 heterocycles. The lowest BCUT2D eigenvalue weighted by Gasteiger charge is -2.31. The molecule has 160 valence electrons. The number of piperidine rings is 1. The molecule has 1 fully saturated rings. The molecular formula is C23H31N5O2. The predicted molar refractivity (Wildman–Crippen MR) is 117 cm³/mol. The SMILES string of the molecule is CC(C)n1cc(C(=O)C2CCN(CCCCc3cn4cccc4c(=O)[nH]3)CC2)cn1. The number of hydrogen-bond donors (Lipinski definition) is 1. The first-order valence-corrected chi connectivity index (χ1v) is 11.0. The third kappa shape index (κ3) is 4.56. The molecule has 30 heavy (non-hydrogen) atoms. The summed E-state index contributed by atoms with van der Waals surface area (Å²) in [5, 5.41) is 4.30. The van der Waals surface area contributed by atoms with Crippen molar-refractivity contribution in [3.63, 3.8) is 0 Å². The van der Waals surface area contributed by atoms with E-state index < -0.39 is 0 Å².